The number of halogens is 4. The van der Waals surface area contributed by atoms with Crippen molar-refractivity contribution in [3.8, 4) is 11.3 Å². The monoisotopic (exact) mass is 470 g/mol. The molecule has 1 heterocycles. The number of amides is 1. The van der Waals surface area contributed by atoms with Gasteiger partial charge in [0.2, 0.25) is 0 Å². The molecule has 0 saturated heterocycles. The predicted molar refractivity (Wildman–Crippen MR) is 112 cm³/mol. The Morgan fingerprint density at radius 2 is 1.87 bits per heavy atom. The van der Waals surface area contributed by atoms with Gasteiger partial charge in [-0.1, -0.05) is 52.1 Å². The average Bonchev–Trinajstić information content (AvgIpc) is 3.07. The van der Waals surface area contributed by atoms with Gasteiger partial charge >= 0.3 is 5.97 Å². The molecule has 0 unspecified atom stereocenters. The lowest BCUT2D eigenvalue weighted by atomic mass is 10.1. The molecule has 0 radical (unpaired) electrons. The molecule has 156 valence electrons. The highest BCUT2D eigenvalue weighted by atomic mass is 35.5. The molecule has 0 spiro atoms. The Hall–Kier alpha value is -2.61. The van der Waals surface area contributed by atoms with Crippen LogP contribution in [0.25, 0.3) is 11.3 Å². The number of esters is 1. The largest absolute Gasteiger partial charge is 0.452 e. The normalized spacial score (nSPS) is 10.7. The van der Waals surface area contributed by atoms with Crippen LogP contribution in [-0.4, -0.2) is 23.6 Å². The highest BCUT2D eigenvalue weighted by molar-refractivity contribution is 6.40. The highest BCUT2D eigenvalue weighted by Gasteiger charge is 2.27. The lowest BCUT2D eigenvalue weighted by Crippen LogP contribution is -2.21. The number of rotatable bonds is 5. The van der Waals surface area contributed by atoms with Gasteiger partial charge in [0.05, 0.1) is 26.3 Å². The van der Waals surface area contributed by atoms with Crippen molar-refractivity contribution in [1.29, 1.82) is 0 Å². The van der Waals surface area contributed by atoms with Gasteiger partial charge in [0.1, 0.15) is 22.8 Å². The molecule has 0 atom stereocenters. The van der Waals surface area contributed by atoms with Crippen LogP contribution < -0.4 is 5.32 Å². The maximum Gasteiger partial charge on any atom is 0.344 e. The first-order valence-electron chi connectivity index (χ1n) is 8.53. The third-order valence-electron chi connectivity index (χ3n) is 4.15. The molecule has 1 amide bonds. The fourth-order valence-electron chi connectivity index (χ4n) is 2.66. The predicted octanol–water partition coefficient (Wildman–Crippen LogP) is 5.85. The number of anilines is 1. The van der Waals surface area contributed by atoms with Gasteiger partial charge in [-0.25, -0.2) is 9.18 Å². The van der Waals surface area contributed by atoms with Gasteiger partial charge in [0.15, 0.2) is 6.61 Å². The van der Waals surface area contributed by atoms with Crippen LogP contribution in [0.2, 0.25) is 15.1 Å². The Morgan fingerprint density at radius 1 is 1.13 bits per heavy atom. The van der Waals surface area contributed by atoms with Crippen molar-refractivity contribution >= 4 is 52.4 Å². The van der Waals surface area contributed by atoms with E-state index in [1.165, 1.54) is 25.1 Å². The Morgan fingerprint density at radius 3 is 2.57 bits per heavy atom. The Kier molecular flexibility index (Phi) is 6.65. The van der Waals surface area contributed by atoms with Gasteiger partial charge in [-0.15, -0.1) is 0 Å². The molecule has 0 aliphatic rings. The number of nitrogens with one attached hydrogen (secondary N) is 1. The van der Waals surface area contributed by atoms with E-state index in [4.69, 9.17) is 44.1 Å². The van der Waals surface area contributed by atoms with Gasteiger partial charge < -0.3 is 14.6 Å². The van der Waals surface area contributed by atoms with E-state index in [2.05, 4.69) is 10.5 Å². The molecule has 0 saturated carbocycles. The molecule has 30 heavy (non-hydrogen) atoms. The van der Waals surface area contributed by atoms with E-state index in [9.17, 15) is 14.0 Å². The van der Waals surface area contributed by atoms with Crippen LogP contribution in [0, 0.1) is 19.7 Å². The summed E-state index contributed by atoms with van der Waals surface area (Å²) in [7, 11) is 0. The minimum Gasteiger partial charge on any atom is -0.452 e. The van der Waals surface area contributed by atoms with Gasteiger partial charge in [0.25, 0.3) is 5.91 Å². The maximum absolute atomic E-state index is 14.2. The third-order valence-corrected chi connectivity index (χ3v) is 5.27. The topological polar surface area (TPSA) is 81.4 Å². The van der Waals surface area contributed by atoms with Crippen LogP contribution in [0.5, 0.6) is 0 Å². The SMILES string of the molecule is Cc1ccc(Cl)c(NC(=O)COC(=O)c2c(-c3c(F)cccc3Cl)noc2C)c1Cl. The number of carbonyl (C=O) groups is 2. The van der Waals surface area contributed by atoms with Crippen molar-refractivity contribution < 1.29 is 23.2 Å². The van der Waals surface area contributed by atoms with Gasteiger partial charge in [-0.05, 0) is 37.6 Å². The summed E-state index contributed by atoms with van der Waals surface area (Å²) in [5, 5.41) is 6.76. The molecular weight excluding hydrogens is 458 g/mol. The molecule has 10 heteroatoms. The molecule has 3 aromatic rings. The smallest absolute Gasteiger partial charge is 0.344 e. The number of hydrogen-bond donors (Lipinski definition) is 1. The number of aryl methyl sites for hydroxylation is 2. The van der Waals surface area contributed by atoms with E-state index >= 15 is 0 Å². The highest BCUT2D eigenvalue weighted by Crippen LogP contribution is 2.34. The third kappa shape index (κ3) is 4.43. The van der Waals surface area contributed by atoms with Crippen molar-refractivity contribution in [3.63, 3.8) is 0 Å². The van der Waals surface area contributed by atoms with E-state index in [-0.39, 0.29) is 43.3 Å². The van der Waals surface area contributed by atoms with E-state index in [1.807, 2.05) is 0 Å². The zero-order chi connectivity index (χ0) is 22.0. The summed E-state index contributed by atoms with van der Waals surface area (Å²) >= 11 is 18.3. The Balaban J connectivity index is 1.78. The molecule has 0 fully saturated rings. The first kappa shape index (κ1) is 22.1. The standard InChI is InChI=1S/C20H14Cl3FN2O4/c1-9-6-7-12(22)18(17(9)23)25-14(27)8-29-20(28)15-10(2)30-26-19(15)16-11(21)4-3-5-13(16)24/h3-7H,8H2,1-2H3,(H,25,27). The molecule has 6 nitrogen and oxygen atoms in total. The molecule has 1 aromatic heterocycles. The minimum atomic E-state index is -0.931. The number of ether oxygens (including phenoxy) is 1. The van der Waals surface area contributed by atoms with E-state index < -0.39 is 24.3 Å². The Bertz CT molecular complexity index is 1130. The quantitative estimate of drug-likeness (QED) is 0.472. The number of benzene rings is 2. The lowest BCUT2D eigenvalue weighted by Gasteiger charge is -2.11. The molecule has 1 N–H and O–H groups in total. The molecule has 0 aliphatic carbocycles. The second-order valence-electron chi connectivity index (χ2n) is 6.24. The van der Waals surface area contributed by atoms with Gasteiger partial charge in [-0.2, -0.15) is 0 Å². The first-order valence-corrected chi connectivity index (χ1v) is 9.66. The number of hydrogen-bond acceptors (Lipinski definition) is 5. The molecule has 2 aromatic carbocycles. The summed E-state index contributed by atoms with van der Waals surface area (Å²) in [6.45, 7) is 2.56. The van der Waals surface area contributed by atoms with Crippen LogP contribution in [0.15, 0.2) is 34.9 Å². The maximum atomic E-state index is 14.2. The summed E-state index contributed by atoms with van der Waals surface area (Å²) in [5.41, 5.74) is 0.553. The second-order valence-corrected chi connectivity index (χ2v) is 7.43. The number of aromatic nitrogens is 1. The zero-order valence-corrected chi connectivity index (χ0v) is 18.0. The van der Waals surface area contributed by atoms with Gasteiger partial charge in [0, 0.05) is 0 Å². The van der Waals surface area contributed by atoms with Crippen molar-refractivity contribution in [2.24, 2.45) is 0 Å². The van der Waals surface area contributed by atoms with Crippen LogP contribution >= 0.6 is 34.8 Å². The van der Waals surface area contributed by atoms with Crippen molar-refractivity contribution in [2.45, 2.75) is 13.8 Å². The summed E-state index contributed by atoms with van der Waals surface area (Å²) in [6.07, 6.45) is 0. The zero-order valence-electron chi connectivity index (χ0n) is 15.7. The molecule has 0 bridgehead atoms. The molecule has 0 aliphatic heterocycles. The first-order chi connectivity index (χ1) is 14.2. The van der Waals surface area contributed by atoms with Crippen molar-refractivity contribution in [1.82, 2.24) is 5.16 Å². The van der Waals surface area contributed by atoms with Gasteiger partial charge in [-0.3, -0.25) is 4.79 Å². The minimum absolute atomic E-state index is 0.0406. The number of carbonyl (C=O) groups excluding carboxylic acids is 2. The van der Waals surface area contributed by atoms with Crippen molar-refractivity contribution in [3.05, 3.63) is 68.1 Å². The van der Waals surface area contributed by atoms with Crippen LogP contribution in [-0.2, 0) is 9.53 Å². The number of nitrogens with zero attached hydrogens (tertiary/aromatic N) is 1. The fraction of sp³-hybridized carbons (Fsp3) is 0.150. The van der Waals surface area contributed by atoms with Crippen LogP contribution in [0.3, 0.4) is 0 Å². The van der Waals surface area contributed by atoms with E-state index in [0.717, 1.165) is 0 Å². The van der Waals surface area contributed by atoms with Crippen LogP contribution in [0.1, 0.15) is 21.7 Å². The molecule has 3 rings (SSSR count). The second kappa shape index (κ2) is 9.04. The van der Waals surface area contributed by atoms with Crippen molar-refractivity contribution in [2.75, 3.05) is 11.9 Å². The van der Waals surface area contributed by atoms with E-state index in [0.29, 0.717) is 5.56 Å². The lowest BCUT2D eigenvalue weighted by molar-refractivity contribution is -0.119. The van der Waals surface area contributed by atoms with E-state index in [1.54, 1.807) is 19.1 Å². The Labute approximate surface area is 185 Å². The fourth-order valence-corrected chi connectivity index (χ4v) is 3.37. The summed E-state index contributed by atoms with van der Waals surface area (Å²) < 4.78 is 24.3. The summed E-state index contributed by atoms with van der Waals surface area (Å²) in [5.74, 6) is -2.21. The average molecular weight is 472 g/mol. The summed E-state index contributed by atoms with van der Waals surface area (Å²) in [6, 6.07) is 7.31. The van der Waals surface area contributed by atoms with Crippen LogP contribution in [0.4, 0.5) is 10.1 Å². The molecular formula is C20H14Cl3FN2O4. The summed E-state index contributed by atoms with van der Waals surface area (Å²) in [4.78, 5) is 24.8.